The molecule has 0 aliphatic heterocycles. The Balaban J connectivity index is 1.43. The van der Waals surface area contributed by atoms with Gasteiger partial charge in [0.25, 0.3) is 0 Å². The van der Waals surface area contributed by atoms with Gasteiger partial charge in [-0.1, -0.05) is 30.3 Å². The van der Waals surface area contributed by atoms with Crippen LogP contribution in [0.4, 0.5) is 5.69 Å². The van der Waals surface area contributed by atoms with Gasteiger partial charge < -0.3 is 15.4 Å². The molecule has 150 valence electrons. The van der Waals surface area contributed by atoms with E-state index in [0.717, 1.165) is 16.2 Å². The molecule has 29 heavy (non-hydrogen) atoms. The molecule has 1 aromatic heterocycles. The molecular formula is C21H22N4O3S. The average molecular weight is 410 g/mol. The molecule has 2 aromatic carbocycles. The van der Waals surface area contributed by atoms with Crippen molar-refractivity contribution in [3.8, 4) is 5.75 Å². The Bertz CT molecular complexity index is 959. The van der Waals surface area contributed by atoms with Crippen LogP contribution < -0.4 is 15.4 Å². The van der Waals surface area contributed by atoms with Gasteiger partial charge in [-0.3, -0.25) is 14.3 Å². The van der Waals surface area contributed by atoms with Crippen molar-refractivity contribution in [3.63, 3.8) is 0 Å². The summed E-state index contributed by atoms with van der Waals surface area (Å²) in [5, 5.41) is 9.75. The molecule has 0 saturated carbocycles. The molecule has 3 rings (SSSR count). The van der Waals surface area contributed by atoms with Crippen LogP contribution in [0.2, 0.25) is 0 Å². The second-order valence-corrected chi connectivity index (χ2v) is 7.25. The summed E-state index contributed by atoms with van der Waals surface area (Å²) in [7, 11) is 1.60. The molecule has 7 nitrogen and oxygen atoms in total. The van der Waals surface area contributed by atoms with E-state index in [1.54, 1.807) is 13.3 Å². The molecule has 8 heteroatoms. The minimum Gasteiger partial charge on any atom is -0.497 e. The number of carbonyl (C=O) groups is 2. The first-order chi connectivity index (χ1) is 14.1. The fourth-order valence-electron chi connectivity index (χ4n) is 2.56. The number of anilines is 1. The Morgan fingerprint density at radius 2 is 1.93 bits per heavy atom. The minimum atomic E-state index is -0.173. The van der Waals surface area contributed by atoms with Gasteiger partial charge in [-0.05, 0) is 29.8 Å². The van der Waals surface area contributed by atoms with Gasteiger partial charge in [0.2, 0.25) is 11.8 Å². The number of ether oxygens (including phenoxy) is 1. The fourth-order valence-corrected chi connectivity index (χ4v) is 3.28. The zero-order chi connectivity index (χ0) is 20.5. The van der Waals surface area contributed by atoms with Crippen LogP contribution in [0.5, 0.6) is 5.75 Å². The maximum atomic E-state index is 12.1. The van der Waals surface area contributed by atoms with Crippen molar-refractivity contribution in [1.29, 1.82) is 0 Å². The lowest BCUT2D eigenvalue weighted by molar-refractivity contribution is -0.122. The van der Waals surface area contributed by atoms with Gasteiger partial charge in [0.15, 0.2) is 0 Å². The van der Waals surface area contributed by atoms with Gasteiger partial charge in [0, 0.05) is 17.6 Å². The summed E-state index contributed by atoms with van der Waals surface area (Å²) in [6.45, 7) is 0.468. The lowest BCUT2D eigenvalue weighted by Gasteiger charge is -2.07. The molecule has 0 fully saturated rings. The summed E-state index contributed by atoms with van der Waals surface area (Å²) in [4.78, 5) is 25.2. The van der Waals surface area contributed by atoms with Crippen LogP contribution in [-0.2, 0) is 22.7 Å². The van der Waals surface area contributed by atoms with Crippen molar-refractivity contribution in [2.45, 2.75) is 18.0 Å². The number of hydrogen-bond donors (Lipinski definition) is 2. The highest BCUT2D eigenvalue weighted by atomic mass is 32.2. The molecular weight excluding hydrogens is 388 g/mol. The largest absolute Gasteiger partial charge is 0.497 e. The molecule has 0 spiro atoms. The standard InChI is InChI=1S/C21H22N4O3S/c1-28-18-7-5-6-16(10-18)11-22-20(26)14-25-13-17(12-23-25)24-21(27)15-29-19-8-3-2-4-9-19/h2-10,12-13H,11,14-15H2,1H3,(H,22,26)(H,24,27). The van der Waals surface area contributed by atoms with Crippen LogP contribution >= 0.6 is 11.8 Å². The predicted octanol–water partition coefficient (Wildman–Crippen LogP) is 2.94. The molecule has 0 atom stereocenters. The molecule has 0 bridgehead atoms. The lowest BCUT2D eigenvalue weighted by Crippen LogP contribution is -2.27. The minimum absolute atomic E-state index is 0.0681. The first-order valence-corrected chi connectivity index (χ1v) is 10.0. The topological polar surface area (TPSA) is 85.2 Å². The van der Waals surface area contributed by atoms with Crippen molar-refractivity contribution in [2.24, 2.45) is 0 Å². The number of amides is 2. The number of nitrogens with one attached hydrogen (secondary N) is 2. The number of hydrogen-bond acceptors (Lipinski definition) is 5. The summed E-state index contributed by atoms with van der Waals surface area (Å²) >= 11 is 1.46. The molecule has 0 saturated heterocycles. The average Bonchev–Trinajstić information content (AvgIpc) is 3.18. The Hall–Kier alpha value is -3.26. The molecule has 2 amide bonds. The van der Waals surface area contributed by atoms with E-state index in [2.05, 4.69) is 15.7 Å². The first-order valence-electron chi connectivity index (χ1n) is 9.02. The molecule has 2 N–H and O–H groups in total. The summed E-state index contributed by atoms with van der Waals surface area (Å²) < 4.78 is 6.66. The zero-order valence-electron chi connectivity index (χ0n) is 16.0. The fraction of sp³-hybridized carbons (Fsp3) is 0.190. The molecule has 0 aliphatic rings. The maximum absolute atomic E-state index is 12.1. The monoisotopic (exact) mass is 410 g/mol. The highest BCUT2D eigenvalue weighted by Crippen LogP contribution is 2.17. The van der Waals surface area contributed by atoms with Crippen LogP contribution in [0.3, 0.4) is 0 Å². The van der Waals surface area contributed by atoms with E-state index in [4.69, 9.17) is 4.74 Å². The number of carbonyl (C=O) groups excluding carboxylic acids is 2. The first kappa shape index (κ1) is 20.5. The van der Waals surface area contributed by atoms with Crippen LogP contribution in [0.25, 0.3) is 0 Å². The van der Waals surface area contributed by atoms with E-state index in [1.165, 1.54) is 22.6 Å². The van der Waals surface area contributed by atoms with Gasteiger partial charge >= 0.3 is 0 Å². The van der Waals surface area contributed by atoms with E-state index in [-0.39, 0.29) is 18.4 Å². The smallest absolute Gasteiger partial charge is 0.241 e. The normalized spacial score (nSPS) is 10.4. The number of benzene rings is 2. The quantitative estimate of drug-likeness (QED) is 0.530. The van der Waals surface area contributed by atoms with Gasteiger partial charge in [-0.2, -0.15) is 5.10 Å². The van der Waals surface area contributed by atoms with Crippen LogP contribution in [0, 0.1) is 0 Å². The van der Waals surface area contributed by atoms with Crippen molar-refractivity contribution < 1.29 is 14.3 Å². The van der Waals surface area contributed by atoms with Crippen molar-refractivity contribution in [3.05, 3.63) is 72.6 Å². The van der Waals surface area contributed by atoms with E-state index >= 15 is 0 Å². The van der Waals surface area contributed by atoms with E-state index in [1.807, 2.05) is 54.6 Å². The van der Waals surface area contributed by atoms with E-state index in [0.29, 0.717) is 18.0 Å². The Kier molecular flexibility index (Phi) is 7.29. The number of rotatable bonds is 9. The molecule has 1 heterocycles. The molecule has 0 radical (unpaired) electrons. The second kappa shape index (κ2) is 10.3. The highest BCUT2D eigenvalue weighted by molar-refractivity contribution is 8.00. The van der Waals surface area contributed by atoms with E-state index in [9.17, 15) is 9.59 Å². The van der Waals surface area contributed by atoms with Gasteiger partial charge in [-0.15, -0.1) is 11.8 Å². The lowest BCUT2D eigenvalue weighted by atomic mass is 10.2. The maximum Gasteiger partial charge on any atom is 0.241 e. The van der Waals surface area contributed by atoms with Crippen LogP contribution in [-0.4, -0.2) is 34.5 Å². The molecule has 0 unspecified atom stereocenters. The third-order valence-electron chi connectivity index (χ3n) is 3.96. The van der Waals surface area contributed by atoms with Crippen molar-refractivity contribution in [1.82, 2.24) is 15.1 Å². The third kappa shape index (κ3) is 6.69. The van der Waals surface area contributed by atoms with Gasteiger partial charge in [0.1, 0.15) is 12.3 Å². The van der Waals surface area contributed by atoms with Crippen LogP contribution in [0.15, 0.2) is 71.9 Å². The number of thioether (sulfide) groups is 1. The summed E-state index contributed by atoms with van der Waals surface area (Å²) in [6.07, 6.45) is 3.16. The predicted molar refractivity (Wildman–Crippen MR) is 113 cm³/mol. The van der Waals surface area contributed by atoms with Gasteiger partial charge in [-0.25, -0.2) is 0 Å². The van der Waals surface area contributed by atoms with Crippen molar-refractivity contribution in [2.75, 3.05) is 18.2 Å². The zero-order valence-corrected chi connectivity index (χ0v) is 16.8. The summed E-state index contributed by atoms with van der Waals surface area (Å²) in [5.74, 6) is 0.750. The Labute approximate surface area is 173 Å². The Morgan fingerprint density at radius 1 is 1.10 bits per heavy atom. The summed E-state index contributed by atoms with van der Waals surface area (Å²) in [5.41, 5.74) is 1.51. The van der Waals surface area contributed by atoms with Crippen molar-refractivity contribution >= 4 is 29.3 Å². The van der Waals surface area contributed by atoms with Gasteiger partial charge in [0.05, 0.1) is 24.7 Å². The van der Waals surface area contributed by atoms with Crippen LogP contribution in [0.1, 0.15) is 5.56 Å². The Morgan fingerprint density at radius 3 is 2.72 bits per heavy atom. The molecule has 0 aliphatic carbocycles. The number of nitrogens with zero attached hydrogens (tertiary/aromatic N) is 2. The summed E-state index contributed by atoms with van der Waals surface area (Å²) in [6, 6.07) is 17.2. The third-order valence-corrected chi connectivity index (χ3v) is 4.97. The molecule has 3 aromatic rings. The highest BCUT2D eigenvalue weighted by Gasteiger charge is 2.08. The SMILES string of the molecule is COc1cccc(CNC(=O)Cn2cc(NC(=O)CSc3ccccc3)cn2)c1. The van der Waals surface area contributed by atoms with E-state index < -0.39 is 0 Å². The second-order valence-electron chi connectivity index (χ2n) is 6.20. The number of aromatic nitrogens is 2. The number of methoxy groups -OCH3 is 1.